The highest BCUT2D eigenvalue weighted by atomic mass is 16.4. The number of hydrogen-bond donors (Lipinski definition) is 8. The summed E-state index contributed by atoms with van der Waals surface area (Å²) in [6, 6.07) is 2.55. The van der Waals surface area contributed by atoms with E-state index >= 15 is 0 Å². The first kappa shape index (κ1) is 30.8. The lowest BCUT2D eigenvalue weighted by molar-refractivity contribution is -0.142. The van der Waals surface area contributed by atoms with Crippen LogP contribution in [0.2, 0.25) is 0 Å². The molecule has 220 valence electrons. The molecule has 5 unspecified atom stereocenters. The third kappa shape index (κ3) is 8.38. The van der Waals surface area contributed by atoms with E-state index in [2.05, 4.69) is 30.9 Å². The molecule has 2 aromatic heterocycles. The molecule has 14 heteroatoms. The van der Waals surface area contributed by atoms with Gasteiger partial charge in [-0.2, -0.15) is 0 Å². The summed E-state index contributed by atoms with van der Waals surface area (Å²) in [6.45, 7) is 3.57. The Bertz CT molecular complexity index is 1370. The molecule has 0 aliphatic carbocycles. The standard InChI is InChI=1S/C27H36N8O6/c1-3-14(2)23(26(39)34-21(27(40)41)8-15-11-31-19-7-5-4-6-17(15)19)35-25(38)20(9-16-12-30-13-32-16)33-24(37)18(28)10-22(29)36/h4-7,11-14,18,20-21,23,31H,3,8-10,28H2,1-2H3,(H2,29,36)(H,30,32)(H,33,37)(H,34,39)(H,35,38)(H,40,41). The number of nitrogens with zero attached hydrogens (tertiary/aromatic N) is 1. The van der Waals surface area contributed by atoms with Gasteiger partial charge in [-0.05, 0) is 17.5 Å². The van der Waals surface area contributed by atoms with Gasteiger partial charge < -0.3 is 42.5 Å². The number of aromatic nitrogens is 3. The molecule has 0 fully saturated rings. The monoisotopic (exact) mass is 568 g/mol. The van der Waals surface area contributed by atoms with Crippen molar-refractivity contribution in [1.29, 1.82) is 0 Å². The van der Waals surface area contributed by atoms with Gasteiger partial charge in [-0.25, -0.2) is 9.78 Å². The first-order valence-corrected chi connectivity index (χ1v) is 13.2. The number of carboxylic acids is 1. The van der Waals surface area contributed by atoms with Gasteiger partial charge in [0.15, 0.2) is 0 Å². The van der Waals surface area contributed by atoms with Crippen molar-refractivity contribution in [1.82, 2.24) is 30.9 Å². The van der Waals surface area contributed by atoms with Gasteiger partial charge in [0.05, 0.1) is 18.8 Å². The minimum absolute atomic E-state index is 0.0164. The summed E-state index contributed by atoms with van der Waals surface area (Å²) in [4.78, 5) is 72.6. The van der Waals surface area contributed by atoms with E-state index in [9.17, 15) is 29.1 Å². The lowest BCUT2D eigenvalue weighted by Crippen LogP contribution is -2.59. The number of carbonyl (C=O) groups excluding carboxylic acids is 4. The second-order valence-corrected chi connectivity index (χ2v) is 9.95. The predicted octanol–water partition coefficient (Wildman–Crippen LogP) is -0.536. The van der Waals surface area contributed by atoms with Gasteiger partial charge in [0.1, 0.15) is 18.1 Å². The molecule has 0 radical (unpaired) electrons. The van der Waals surface area contributed by atoms with Gasteiger partial charge in [0, 0.05) is 41.8 Å². The Kier molecular flexibility index (Phi) is 10.6. The number of nitrogens with two attached hydrogens (primary N) is 2. The molecule has 2 heterocycles. The van der Waals surface area contributed by atoms with Crippen LogP contribution < -0.4 is 27.4 Å². The number of H-pyrrole nitrogens is 2. The van der Waals surface area contributed by atoms with Crippen LogP contribution in [0.3, 0.4) is 0 Å². The van der Waals surface area contributed by atoms with E-state index in [1.165, 1.54) is 12.5 Å². The fourth-order valence-corrected chi connectivity index (χ4v) is 4.35. The van der Waals surface area contributed by atoms with Crippen LogP contribution >= 0.6 is 0 Å². The number of amides is 4. The number of aliphatic carboxylic acids is 1. The maximum atomic E-state index is 13.4. The molecule has 5 atom stereocenters. The number of para-hydroxylation sites is 1. The maximum absolute atomic E-state index is 13.4. The molecule has 0 bridgehead atoms. The summed E-state index contributed by atoms with van der Waals surface area (Å²) < 4.78 is 0. The van der Waals surface area contributed by atoms with Crippen LogP contribution in [0.15, 0.2) is 43.0 Å². The summed E-state index contributed by atoms with van der Waals surface area (Å²) in [5.41, 5.74) is 12.9. The molecule has 1 aromatic carbocycles. The zero-order valence-electron chi connectivity index (χ0n) is 22.8. The number of rotatable bonds is 15. The zero-order chi connectivity index (χ0) is 30.1. The van der Waals surface area contributed by atoms with Crippen molar-refractivity contribution in [2.75, 3.05) is 0 Å². The molecule has 3 aromatic rings. The lowest BCUT2D eigenvalue weighted by atomic mass is 9.96. The number of fused-ring (bicyclic) bond motifs is 1. The van der Waals surface area contributed by atoms with Gasteiger partial charge in [0.25, 0.3) is 0 Å². The van der Waals surface area contributed by atoms with Crippen molar-refractivity contribution in [2.45, 2.75) is 63.7 Å². The highest BCUT2D eigenvalue weighted by Gasteiger charge is 2.33. The van der Waals surface area contributed by atoms with E-state index in [1.54, 1.807) is 13.1 Å². The van der Waals surface area contributed by atoms with Gasteiger partial charge in [-0.1, -0.05) is 38.5 Å². The number of benzene rings is 1. The van der Waals surface area contributed by atoms with Crippen molar-refractivity contribution in [3.05, 3.63) is 54.2 Å². The Balaban J connectivity index is 1.77. The molecule has 0 spiro atoms. The molecular weight excluding hydrogens is 532 g/mol. The number of aromatic amines is 2. The van der Waals surface area contributed by atoms with Crippen molar-refractivity contribution >= 4 is 40.5 Å². The molecule has 4 amide bonds. The number of carboxylic acid groups (broad SMARTS) is 1. The summed E-state index contributed by atoms with van der Waals surface area (Å²) in [5.74, 6) is -4.57. The van der Waals surface area contributed by atoms with Gasteiger partial charge in [-0.15, -0.1) is 0 Å². The highest BCUT2D eigenvalue weighted by molar-refractivity contribution is 5.95. The molecule has 41 heavy (non-hydrogen) atoms. The van der Waals surface area contributed by atoms with Crippen molar-refractivity contribution in [2.24, 2.45) is 17.4 Å². The molecule has 0 aliphatic heterocycles. The third-order valence-corrected chi connectivity index (χ3v) is 6.88. The first-order chi connectivity index (χ1) is 19.5. The minimum Gasteiger partial charge on any atom is -0.480 e. The highest BCUT2D eigenvalue weighted by Crippen LogP contribution is 2.19. The predicted molar refractivity (Wildman–Crippen MR) is 149 cm³/mol. The van der Waals surface area contributed by atoms with Gasteiger partial charge >= 0.3 is 5.97 Å². The number of carbonyl (C=O) groups is 5. The minimum atomic E-state index is -1.28. The Morgan fingerprint density at radius 2 is 1.68 bits per heavy atom. The maximum Gasteiger partial charge on any atom is 0.326 e. The molecule has 0 aliphatic rings. The largest absolute Gasteiger partial charge is 0.480 e. The number of primary amides is 1. The van der Waals surface area contributed by atoms with E-state index < -0.39 is 60.2 Å². The average Bonchev–Trinajstić information content (AvgIpc) is 3.60. The Labute approximate surface area is 236 Å². The molecular formula is C27H36N8O6. The van der Waals surface area contributed by atoms with Crippen LogP contribution in [-0.4, -0.2) is 73.8 Å². The second kappa shape index (κ2) is 14.1. The summed E-state index contributed by atoms with van der Waals surface area (Å²) in [7, 11) is 0. The second-order valence-electron chi connectivity index (χ2n) is 9.95. The normalized spacial score (nSPS) is 14.8. The van der Waals surface area contributed by atoms with E-state index in [4.69, 9.17) is 11.5 Å². The summed E-state index contributed by atoms with van der Waals surface area (Å²) in [5, 5.41) is 18.5. The Hall–Kier alpha value is -4.72. The van der Waals surface area contributed by atoms with Crippen molar-refractivity contribution in [3.63, 3.8) is 0 Å². The Morgan fingerprint density at radius 1 is 0.976 bits per heavy atom. The van der Waals surface area contributed by atoms with Crippen LogP contribution in [0.5, 0.6) is 0 Å². The fraction of sp³-hybridized carbons (Fsp3) is 0.407. The quantitative estimate of drug-likeness (QED) is 0.118. The molecule has 0 saturated carbocycles. The van der Waals surface area contributed by atoms with E-state index in [0.29, 0.717) is 17.7 Å². The first-order valence-electron chi connectivity index (χ1n) is 13.2. The van der Waals surface area contributed by atoms with Crippen LogP contribution in [0.4, 0.5) is 0 Å². The number of hydrogen-bond acceptors (Lipinski definition) is 7. The summed E-state index contributed by atoms with van der Waals surface area (Å²) in [6.07, 6.45) is 4.63. The van der Waals surface area contributed by atoms with E-state index in [-0.39, 0.29) is 18.8 Å². The SMILES string of the molecule is CCC(C)C(NC(=O)C(Cc1cnc[nH]1)NC(=O)C(N)CC(N)=O)C(=O)NC(Cc1c[nH]c2ccccc12)C(=O)O. The Morgan fingerprint density at radius 3 is 2.32 bits per heavy atom. The van der Waals surface area contributed by atoms with Gasteiger partial charge in [0.2, 0.25) is 23.6 Å². The summed E-state index contributed by atoms with van der Waals surface area (Å²) >= 11 is 0. The fourth-order valence-electron chi connectivity index (χ4n) is 4.35. The lowest BCUT2D eigenvalue weighted by Gasteiger charge is -2.28. The molecule has 10 N–H and O–H groups in total. The molecule has 3 rings (SSSR count). The van der Waals surface area contributed by atoms with E-state index in [0.717, 1.165) is 10.9 Å². The van der Waals surface area contributed by atoms with Crippen LogP contribution in [0, 0.1) is 5.92 Å². The number of imidazole rings is 1. The van der Waals surface area contributed by atoms with E-state index in [1.807, 2.05) is 31.2 Å². The van der Waals surface area contributed by atoms with Crippen molar-refractivity contribution < 1.29 is 29.1 Å². The van der Waals surface area contributed by atoms with Crippen LogP contribution in [0.25, 0.3) is 10.9 Å². The van der Waals surface area contributed by atoms with Crippen LogP contribution in [0.1, 0.15) is 37.9 Å². The van der Waals surface area contributed by atoms with Crippen molar-refractivity contribution in [3.8, 4) is 0 Å². The number of nitrogens with one attached hydrogen (secondary N) is 5. The van der Waals surface area contributed by atoms with Gasteiger partial charge in [-0.3, -0.25) is 19.2 Å². The smallest absolute Gasteiger partial charge is 0.326 e. The van der Waals surface area contributed by atoms with Crippen LogP contribution in [-0.2, 0) is 36.8 Å². The molecule has 14 nitrogen and oxygen atoms in total. The third-order valence-electron chi connectivity index (χ3n) is 6.88. The average molecular weight is 569 g/mol. The molecule has 0 saturated heterocycles. The topological polar surface area (TPSA) is 238 Å². The zero-order valence-corrected chi connectivity index (χ0v) is 22.8.